The maximum Gasteiger partial charge on any atom is -0.0110 e. The van der Waals surface area contributed by atoms with Crippen molar-refractivity contribution >= 4 is 12.6 Å². The lowest BCUT2D eigenvalue weighted by Gasteiger charge is -2.27. The van der Waals surface area contributed by atoms with E-state index in [4.69, 9.17) is 0 Å². The van der Waals surface area contributed by atoms with Crippen LogP contribution in [-0.2, 0) is 0 Å². The molecule has 1 saturated carbocycles. The van der Waals surface area contributed by atoms with Crippen molar-refractivity contribution in [2.24, 2.45) is 11.8 Å². The van der Waals surface area contributed by atoms with Crippen LogP contribution in [0.25, 0.3) is 0 Å². The summed E-state index contributed by atoms with van der Waals surface area (Å²) in [6.07, 6.45) is 6.77. The zero-order valence-corrected chi connectivity index (χ0v) is 8.24. The first-order valence-electron chi connectivity index (χ1n) is 4.61. The van der Waals surface area contributed by atoms with E-state index in [1.807, 2.05) is 0 Å². The Balaban J connectivity index is 2.30. The third-order valence-corrected chi connectivity index (χ3v) is 3.26. The van der Waals surface area contributed by atoms with Gasteiger partial charge in [-0.3, -0.25) is 0 Å². The molecule has 1 aliphatic rings. The smallest absolute Gasteiger partial charge is 0.0110 e. The lowest BCUT2D eigenvalue weighted by Crippen LogP contribution is -2.13. The molecule has 0 aliphatic heterocycles. The number of thiol groups is 1. The molecule has 0 unspecified atom stereocenters. The Kier molecular flexibility index (Phi) is 3.50. The Morgan fingerprint density at radius 1 is 1.36 bits per heavy atom. The summed E-state index contributed by atoms with van der Waals surface area (Å²) in [5, 5.41) is 0. The Labute approximate surface area is 75.5 Å². The van der Waals surface area contributed by atoms with E-state index in [1.54, 1.807) is 0 Å². The second-order valence-corrected chi connectivity index (χ2v) is 4.19. The molecular formula is C10H18S. The second-order valence-electron chi connectivity index (χ2n) is 3.62. The second kappa shape index (κ2) is 4.20. The summed E-state index contributed by atoms with van der Waals surface area (Å²) in [7, 11) is 0. The predicted molar refractivity (Wildman–Crippen MR) is 53.9 cm³/mol. The molecule has 0 bridgehead atoms. The first-order valence-corrected chi connectivity index (χ1v) is 5.06. The van der Waals surface area contributed by atoms with Gasteiger partial charge in [0, 0.05) is 0 Å². The van der Waals surface area contributed by atoms with Crippen molar-refractivity contribution in [1.82, 2.24) is 0 Å². The summed E-state index contributed by atoms with van der Waals surface area (Å²) < 4.78 is 0. The molecule has 0 nitrogen and oxygen atoms in total. The fourth-order valence-electron chi connectivity index (χ4n) is 1.90. The van der Waals surface area contributed by atoms with Gasteiger partial charge in [-0.25, -0.2) is 0 Å². The highest BCUT2D eigenvalue weighted by Gasteiger charge is 2.20. The van der Waals surface area contributed by atoms with Gasteiger partial charge >= 0.3 is 0 Å². The fraction of sp³-hybridized carbons (Fsp3) is 0.800. The van der Waals surface area contributed by atoms with Crippen LogP contribution < -0.4 is 0 Å². The van der Waals surface area contributed by atoms with Crippen LogP contribution in [0, 0.1) is 11.8 Å². The van der Waals surface area contributed by atoms with Crippen LogP contribution in [0.5, 0.6) is 0 Å². The summed E-state index contributed by atoms with van der Waals surface area (Å²) in [6, 6.07) is 0. The minimum atomic E-state index is 0.709. The lowest BCUT2D eigenvalue weighted by atomic mass is 9.81. The van der Waals surface area contributed by atoms with Gasteiger partial charge < -0.3 is 0 Å². The Morgan fingerprint density at radius 2 is 1.91 bits per heavy atom. The van der Waals surface area contributed by atoms with E-state index in [-0.39, 0.29) is 0 Å². The molecule has 0 aromatic heterocycles. The molecule has 0 N–H and O–H groups in total. The zero-order valence-electron chi connectivity index (χ0n) is 7.34. The molecule has 0 amide bonds. The molecular weight excluding hydrogens is 152 g/mol. The molecule has 1 aliphatic carbocycles. The summed E-state index contributed by atoms with van der Waals surface area (Å²) in [5.41, 5.74) is 0. The van der Waals surface area contributed by atoms with Crippen LogP contribution in [0.1, 0.15) is 39.0 Å². The van der Waals surface area contributed by atoms with E-state index in [0.717, 1.165) is 10.8 Å². The number of hydrogen-bond acceptors (Lipinski definition) is 1. The molecule has 1 heteroatoms. The summed E-state index contributed by atoms with van der Waals surface area (Å²) in [5.74, 6) is 1.69. The lowest BCUT2D eigenvalue weighted by molar-refractivity contribution is 0.302. The topological polar surface area (TPSA) is 0 Å². The monoisotopic (exact) mass is 170 g/mol. The van der Waals surface area contributed by atoms with Crippen molar-refractivity contribution in [3.63, 3.8) is 0 Å². The van der Waals surface area contributed by atoms with Gasteiger partial charge in [-0.1, -0.05) is 19.9 Å². The number of hydrogen-bond donors (Lipinski definition) is 1. The minimum Gasteiger partial charge on any atom is -0.148 e. The van der Waals surface area contributed by atoms with Crippen molar-refractivity contribution in [3.8, 4) is 0 Å². The van der Waals surface area contributed by atoms with Crippen LogP contribution in [0.2, 0.25) is 0 Å². The third-order valence-electron chi connectivity index (χ3n) is 2.90. The maximum absolute atomic E-state index is 4.31. The van der Waals surface area contributed by atoms with Gasteiger partial charge in [0.2, 0.25) is 0 Å². The van der Waals surface area contributed by atoms with Gasteiger partial charge in [-0.05, 0) is 42.4 Å². The standard InChI is InChI=1S/C10H18S/c1-3-9-4-6-10(7-5-9)8(2)11/h9-11H,2-7H2,1H3. The van der Waals surface area contributed by atoms with Crippen LogP contribution in [0.4, 0.5) is 0 Å². The van der Waals surface area contributed by atoms with Gasteiger partial charge in [0.05, 0.1) is 0 Å². The molecule has 1 rings (SSSR count). The molecule has 0 aromatic carbocycles. The van der Waals surface area contributed by atoms with Crippen molar-refractivity contribution in [1.29, 1.82) is 0 Å². The number of allylic oxidation sites excluding steroid dienone is 1. The molecule has 0 radical (unpaired) electrons. The molecule has 0 aromatic rings. The molecule has 0 saturated heterocycles. The summed E-state index contributed by atoms with van der Waals surface area (Å²) in [4.78, 5) is 1.10. The summed E-state index contributed by atoms with van der Waals surface area (Å²) >= 11 is 4.31. The van der Waals surface area contributed by atoms with Crippen LogP contribution >= 0.6 is 12.6 Å². The van der Waals surface area contributed by atoms with Crippen molar-refractivity contribution in [2.75, 3.05) is 0 Å². The zero-order chi connectivity index (χ0) is 8.27. The first kappa shape index (κ1) is 9.18. The number of rotatable bonds is 2. The van der Waals surface area contributed by atoms with E-state index in [0.29, 0.717) is 5.92 Å². The van der Waals surface area contributed by atoms with E-state index < -0.39 is 0 Å². The fourth-order valence-corrected chi connectivity index (χ4v) is 2.16. The van der Waals surface area contributed by atoms with Crippen LogP contribution in [0.15, 0.2) is 11.5 Å². The normalized spacial score (nSPS) is 31.8. The third kappa shape index (κ3) is 2.55. The van der Waals surface area contributed by atoms with Crippen LogP contribution in [0.3, 0.4) is 0 Å². The molecule has 64 valence electrons. The Hall–Kier alpha value is 0.0900. The summed E-state index contributed by atoms with van der Waals surface area (Å²) in [6.45, 7) is 6.19. The van der Waals surface area contributed by atoms with E-state index in [2.05, 4.69) is 26.1 Å². The van der Waals surface area contributed by atoms with E-state index in [9.17, 15) is 0 Å². The van der Waals surface area contributed by atoms with E-state index in [1.165, 1.54) is 32.1 Å². The van der Waals surface area contributed by atoms with Gasteiger partial charge in [0.15, 0.2) is 0 Å². The van der Waals surface area contributed by atoms with Crippen molar-refractivity contribution in [3.05, 3.63) is 11.5 Å². The molecule has 11 heavy (non-hydrogen) atoms. The van der Waals surface area contributed by atoms with Crippen LogP contribution in [-0.4, -0.2) is 0 Å². The average Bonchev–Trinajstić information content (AvgIpc) is 2.05. The Bertz CT molecular complexity index is 132. The minimum absolute atomic E-state index is 0.709. The highest BCUT2D eigenvalue weighted by Crippen LogP contribution is 2.34. The molecule has 1 fully saturated rings. The van der Waals surface area contributed by atoms with Crippen molar-refractivity contribution in [2.45, 2.75) is 39.0 Å². The van der Waals surface area contributed by atoms with E-state index >= 15 is 0 Å². The molecule has 0 spiro atoms. The quantitative estimate of drug-likeness (QED) is 0.601. The first-order chi connectivity index (χ1) is 5.24. The van der Waals surface area contributed by atoms with Gasteiger partial charge in [0.25, 0.3) is 0 Å². The van der Waals surface area contributed by atoms with Gasteiger partial charge in [-0.2, -0.15) is 0 Å². The molecule has 0 heterocycles. The van der Waals surface area contributed by atoms with Gasteiger partial charge in [0.1, 0.15) is 0 Å². The SMILES string of the molecule is C=C(S)C1CCC(CC)CC1. The highest BCUT2D eigenvalue weighted by molar-refractivity contribution is 7.84. The van der Waals surface area contributed by atoms with Crippen molar-refractivity contribution < 1.29 is 0 Å². The molecule has 0 atom stereocenters. The average molecular weight is 170 g/mol. The highest BCUT2D eigenvalue weighted by atomic mass is 32.1. The van der Waals surface area contributed by atoms with Gasteiger partial charge in [-0.15, -0.1) is 12.6 Å². The predicted octanol–water partition coefficient (Wildman–Crippen LogP) is 3.65. The maximum atomic E-state index is 4.31. The Morgan fingerprint density at radius 3 is 2.27 bits per heavy atom. The largest absolute Gasteiger partial charge is 0.148 e.